The molecule has 0 aromatic heterocycles. The average Bonchev–Trinajstić information content (AvgIpc) is 2.70. The predicted molar refractivity (Wildman–Crippen MR) is 104 cm³/mol. The van der Waals surface area contributed by atoms with Crippen molar-refractivity contribution in [3.8, 4) is 17.2 Å². The van der Waals surface area contributed by atoms with E-state index in [1.165, 1.54) is 6.08 Å². The van der Waals surface area contributed by atoms with Gasteiger partial charge in [-0.3, -0.25) is 20.4 Å². The first-order valence-electron chi connectivity index (χ1n) is 8.88. The summed E-state index contributed by atoms with van der Waals surface area (Å²) in [5.74, 6) is 1.08. The minimum absolute atomic E-state index is 0.197. The van der Waals surface area contributed by atoms with Crippen LogP contribution in [0.5, 0.6) is 17.2 Å². The molecule has 0 unspecified atom stereocenters. The van der Waals surface area contributed by atoms with E-state index in [-0.39, 0.29) is 6.61 Å². The molecule has 1 aliphatic rings. The van der Waals surface area contributed by atoms with Crippen molar-refractivity contribution in [2.45, 2.75) is 13.8 Å². The van der Waals surface area contributed by atoms with Gasteiger partial charge in [-0.25, -0.2) is 0 Å². The number of fused-ring (bicyclic) bond motifs is 1. The molecule has 0 bridgehead atoms. The van der Waals surface area contributed by atoms with Crippen LogP contribution in [0.2, 0.25) is 0 Å². The quantitative estimate of drug-likeness (QED) is 0.612. The van der Waals surface area contributed by atoms with E-state index in [9.17, 15) is 9.59 Å². The highest BCUT2D eigenvalue weighted by molar-refractivity contribution is 5.93. The fourth-order valence-electron chi connectivity index (χ4n) is 2.71. The van der Waals surface area contributed by atoms with E-state index < -0.39 is 11.8 Å². The van der Waals surface area contributed by atoms with E-state index >= 15 is 0 Å². The van der Waals surface area contributed by atoms with Gasteiger partial charge in [0.2, 0.25) is 0 Å². The standard InChI is InChI=1S/C21H22N2O5/c1-14-4-3-5-15(2)21(14)28-13-20(25)23-22-19(24)9-7-16-6-8-17-18(12-16)27-11-10-26-17/h3-9,12H,10-11,13H2,1-2H3,(H,22,24)(H,23,25)/b9-7+. The molecule has 0 fully saturated rings. The molecule has 2 N–H and O–H groups in total. The van der Waals surface area contributed by atoms with Gasteiger partial charge >= 0.3 is 0 Å². The molecule has 0 saturated heterocycles. The maximum atomic E-state index is 11.9. The molecule has 28 heavy (non-hydrogen) atoms. The van der Waals surface area contributed by atoms with Crippen LogP contribution in [0.25, 0.3) is 6.08 Å². The van der Waals surface area contributed by atoms with Crippen molar-refractivity contribution in [3.63, 3.8) is 0 Å². The highest BCUT2D eigenvalue weighted by Crippen LogP contribution is 2.31. The third-order valence-electron chi connectivity index (χ3n) is 4.07. The molecule has 1 aliphatic heterocycles. The fourth-order valence-corrected chi connectivity index (χ4v) is 2.71. The zero-order valence-electron chi connectivity index (χ0n) is 15.8. The van der Waals surface area contributed by atoms with Crippen molar-refractivity contribution in [2.24, 2.45) is 0 Å². The summed E-state index contributed by atoms with van der Waals surface area (Å²) in [5, 5.41) is 0. The van der Waals surface area contributed by atoms with Crippen molar-refractivity contribution < 1.29 is 23.8 Å². The molecule has 2 aromatic carbocycles. The van der Waals surface area contributed by atoms with Gasteiger partial charge in [0.15, 0.2) is 18.1 Å². The molecule has 3 rings (SSSR count). The zero-order valence-corrected chi connectivity index (χ0v) is 15.8. The summed E-state index contributed by atoms with van der Waals surface area (Å²) in [6.45, 7) is 4.64. The monoisotopic (exact) mass is 382 g/mol. The molecule has 2 aromatic rings. The Balaban J connectivity index is 1.46. The van der Waals surface area contributed by atoms with Gasteiger partial charge in [0.05, 0.1) is 0 Å². The lowest BCUT2D eigenvalue weighted by Gasteiger charge is -2.18. The maximum absolute atomic E-state index is 11.9. The summed E-state index contributed by atoms with van der Waals surface area (Å²) in [5.41, 5.74) is 7.31. The van der Waals surface area contributed by atoms with Crippen LogP contribution in [0.1, 0.15) is 16.7 Å². The van der Waals surface area contributed by atoms with E-state index in [2.05, 4.69) is 10.9 Å². The number of hydrogen-bond donors (Lipinski definition) is 2. The van der Waals surface area contributed by atoms with Gasteiger partial charge in [0.1, 0.15) is 19.0 Å². The molecular weight excluding hydrogens is 360 g/mol. The number of hydrogen-bond acceptors (Lipinski definition) is 5. The van der Waals surface area contributed by atoms with Crippen LogP contribution in [0.15, 0.2) is 42.5 Å². The predicted octanol–water partition coefficient (Wildman–Crippen LogP) is 2.31. The number of aryl methyl sites for hydroxylation is 2. The zero-order chi connectivity index (χ0) is 19.9. The first-order chi connectivity index (χ1) is 13.5. The lowest BCUT2D eigenvalue weighted by Crippen LogP contribution is -2.43. The van der Waals surface area contributed by atoms with Gasteiger partial charge in [-0.05, 0) is 48.7 Å². The van der Waals surface area contributed by atoms with Gasteiger partial charge in [0, 0.05) is 6.08 Å². The molecule has 0 saturated carbocycles. The Morgan fingerprint density at radius 1 is 1.04 bits per heavy atom. The number of carbonyl (C=O) groups is 2. The van der Waals surface area contributed by atoms with Crippen LogP contribution < -0.4 is 25.1 Å². The van der Waals surface area contributed by atoms with E-state index in [1.54, 1.807) is 18.2 Å². The third kappa shape index (κ3) is 5.03. The normalized spacial score (nSPS) is 12.5. The van der Waals surface area contributed by atoms with Crippen LogP contribution in [0, 0.1) is 13.8 Å². The van der Waals surface area contributed by atoms with Gasteiger partial charge in [-0.15, -0.1) is 0 Å². The minimum Gasteiger partial charge on any atom is -0.486 e. The van der Waals surface area contributed by atoms with E-state index in [0.29, 0.717) is 30.5 Å². The average molecular weight is 382 g/mol. The summed E-state index contributed by atoms with van der Waals surface area (Å²) in [4.78, 5) is 23.8. The number of amides is 2. The summed E-state index contributed by atoms with van der Waals surface area (Å²) in [6.07, 6.45) is 2.94. The van der Waals surface area contributed by atoms with Crippen molar-refractivity contribution in [1.29, 1.82) is 0 Å². The van der Waals surface area contributed by atoms with Crippen molar-refractivity contribution in [3.05, 3.63) is 59.2 Å². The second kappa shape index (κ2) is 8.94. The fraction of sp³-hybridized carbons (Fsp3) is 0.238. The number of para-hydroxylation sites is 1. The number of hydrazine groups is 1. The maximum Gasteiger partial charge on any atom is 0.276 e. The molecule has 7 heteroatoms. The van der Waals surface area contributed by atoms with Crippen molar-refractivity contribution in [1.82, 2.24) is 10.9 Å². The highest BCUT2D eigenvalue weighted by Gasteiger charge is 2.11. The highest BCUT2D eigenvalue weighted by atomic mass is 16.6. The smallest absolute Gasteiger partial charge is 0.276 e. The Morgan fingerprint density at radius 3 is 2.50 bits per heavy atom. The summed E-state index contributed by atoms with van der Waals surface area (Å²) in [7, 11) is 0. The molecular formula is C21H22N2O5. The van der Waals surface area contributed by atoms with Gasteiger partial charge in [0.25, 0.3) is 11.8 Å². The van der Waals surface area contributed by atoms with Crippen LogP contribution in [0.3, 0.4) is 0 Å². The van der Waals surface area contributed by atoms with Gasteiger partial charge < -0.3 is 14.2 Å². The second-order valence-electron chi connectivity index (χ2n) is 6.28. The largest absolute Gasteiger partial charge is 0.486 e. The first-order valence-corrected chi connectivity index (χ1v) is 8.88. The number of benzene rings is 2. The topological polar surface area (TPSA) is 85.9 Å². The SMILES string of the molecule is Cc1cccc(C)c1OCC(=O)NNC(=O)/C=C/c1ccc2c(c1)OCCO2. The van der Waals surface area contributed by atoms with Crippen LogP contribution in [-0.2, 0) is 9.59 Å². The molecule has 0 aliphatic carbocycles. The molecule has 0 radical (unpaired) electrons. The molecule has 2 amide bonds. The third-order valence-corrected chi connectivity index (χ3v) is 4.07. The lowest BCUT2D eigenvalue weighted by molar-refractivity contribution is -0.128. The Morgan fingerprint density at radius 2 is 1.75 bits per heavy atom. The Labute approximate surface area is 163 Å². The number of carbonyl (C=O) groups excluding carboxylic acids is 2. The lowest BCUT2D eigenvalue weighted by atomic mass is 10.1. The van der Waals surface area contributed by atoms with Crippen molar-refractivity contribution >= 4 is 17.9 Å². The van der Waals surface area contributed by atoms with E-state index in [1.807, 2.05) is 38.1 Å². The van der Waals surface area contributed by atoms with Gasteiger partial charge in [-0.2, -0.15) is 0 Å². The van der Waals surface area contributed by atoms with E-state index in [4.69, 9.17) is 14.2 Å². The van der Waals surface area contributed by atoms with Crippen LogP contribution in [-0.4, -0.2) is 31.6 Å². The minimum atomic E-state index is -0.463. The molecule has 146 valence electrons. The summed E-state index contributed by atoms with van der Waals surface area (Å²) < 4.78 is 16.5. The second-order valence-corrected chi connectivity index (χ2v) is 6.28. The molecule has 0 atom stereocenters. The summed E-state index contributed by atoms with van der Waals surface area (Å²) >= 11 is 0. The number of ether oxygens (including phenoxy) is 3. The molecule has 1 heterocycles. The number of nitrogens with one attached hydrogen (secondary N) is 2. The molecule has 0 spiro atoms. The summed E-state index contributed by atoms with van der Waals surface area (Å²) in [6, 6.07) is 11.1. The van der Waals surface area contributed by atoms with Crippen LogP contribution in [0.4, 0.5) is 0 Å². The number of rotatable bonds is 5. The Hall–Kier alpha value is -3.48. The van der Waals surface area contributed by atoms with Gasteiger partial charge in [-0.1, -0.05) is 24.3 Å². The Bertz CT molecular complexity index is 887. The van der Waals surface area contributed by atoms with Crippen LogP contribution >= 0.6 is 0 Å². The first kappa shape index (κ1) is 19.3. The van der Waals surface area contributed by atoms with Crippen molar-refractivity contribution in [2.75, 3.05) is 19.8 Å². The molecule has 7 nitrogen and oxygen atoms in total. The van der Waals surface area contributed by atoms with E-state index in [0.717, 1.165) is 16.7 Å². The Kier molecular flexibility index (Phi) is 6.16.